The molecule has 2 N–H and O–H groups in total. The molecule has 4 heteroatoms. The lowest BCUT2D eigenvalue weighted by atomic mass is 9.90. The van der Waals surface area contributed by atoms with E-state index in [1.807, 2.05) is 32.0 Å². The molecule has 0 aliphatic heterocycles. The summed E-state index contributed by atoms with van der Waals surface area (Å²) in [4.78, 5) is 24.2. The van der Waals surface area contributed by atoms with Crippen LogP contribution in [-0.2, 0) is 9.59 Å². The summed E-state index contributed by atoms with van der Waals surface area (Å²) in [6.45, 7) is 7.84. The average molecular weight is 262 g/mol. The van der Waals surface area contributed by atoms with E-state index in [0.717, 1.165) is 0 Å². The van der Waals surface area contributed by atoms with E-state index in [-0.39, 0.29) is 11.8 Å². The van der Waals surface area contributed by atoms with Gasteiger partial charge in [0.25, 0.3) is 0 Å². The van der Waals surface area contributed by atoms with Gasteiger partial charge in [-0.15, -0.1) is 0 Å². The van der Waals surface area contributed by atoms with Crippen molar-refractivity contribution in [2.45, 2.75) is 27.7 Å². The van der Waals surface area contributed by atoms with Crippen molar-refractivity contribution in [1.82, 2.24) is 5.32 Å². The third-order valence-electron chi connectivity index (χ3n) is 2.84. The number of anilines is 1. The van der Waals surface area contributed by atoms with Gasteiger partial charge in [-0.2, -0.15) is 0 Å². The van der Waals surface area contributed by atoms with Crippen molar-refractivity contribution in [1.29, 1.82) is 0 Å². The molecule has 0 aliphatic carbocycles. The highest BCUT2D eigenvalue weighted by Gasteiger charge is 2.35. The second kappa shape index (κ2) is 6.36. The van der Waals surface area contributed by atoms with E-state index in [4.69, 9.17) is 0 Å². The molecule has 0 heterocycles. The number of amides is 2. The third kappa shape index (κ3) is 4.39. The minimum absolute atomic E-state index is 0.255. The maximum Gasteiger partial charge on any atom is 0.239 e. The third-order valence-corrected chi connectivity index (χ3v) is 2.84. The molecule has 104 valence electrons. The molecule has 19 heavy (non-hydrogen) atoms. The molecule has 0 fully saturated rings. The van der Waals surface area contributed by atoms with Crippen LogP contribution in [-0.4, -0.2) is 18.4 Å². The van der Waals surface area contributed by atoms with Crippen molar-refractivity contribution in [2.24, 2.45) is 11.3 Å². The molecule has 0 bridgehead atoms. The molecule has 1 aromatic carbocycles. The predicted molar refractivity (Wildman–Crippen MR) is 76.7 cm³/mol. The minimum atomic E-state index is -1.09. The van der Waals surface area contributed by atoms with E-state index in [2.05, 4.69) is 10.6 Å². The zero-order valence-electron chi connectivity index (χ0n) is 12.0. The van der Waals surface area contributed by atoms with Gasteiger partial charge in [0.1, 0.15) is 5.41 Å². The topological polar surface area (TPSA) is 58.2 Å². The first kappa shape index (κ1) is 15.2. The predicted octanol–water partition coefficient (Wildman–Crippen LogP) is 2.42. The Balaban J connectivity index is 2.65. The fourth-order valence-electron chi connectivity index (χ4n) is 1.43. The van der Waals surface area contributed by atoms with Crippen LogP contribution in [0.4, 0.5) is 5.69 Å². The smallest absolute Gasteiger partial charge is 0.239 e. The molecular weight excluding hydrogens is 240 g/mol. The number of rotatable bonds is 5. The second-order valence-corrected chi connectivity index (χ2v) is 5.55. The Bertz CT molecular complexity index is 439. The van der Waals surface area contributed by atoms with Crippen LogP contribution in [0.15, 0.2) is 30.3 Å². The molecule has 1 aromatic rings. The van der Waals surface area contributed by atoms with Crippen LogP contribution in [0.1, 0.15) is 27.7 Å². The summed E-state index contributed by atoms with van der Waals surface area (Å²) in [5, 5.41) is 5.54. The molecule has 4 nitrogen and oxygen atoms in total. The SMILES string of the molecule is CC(C)CNC(=O)C(C)(C)C(=O)Nc1ccccc1. The molecule has 0 unspecified atom stereocenters. The highest BCUT2D eigenvalue weighted by molar-refractivity contribution is 6.09. The van der Waals surface area contributed by atoms with E-state index >= 15 is 0 Å². The Labute approximate surface area is 114 Å². The quantitative estimate of drug-likeness (QED) is 0.801. The molecule has 0 spiro atoms. The highest BCUT2D eigenvalue weighted by Crippen LogP contribution is 2.19. The van der Waals surface area contributed by atoms with Crippen LogP contribution in [0.25, 0.3) is 0 Å². The zero-order chi connectivity index (χ0) is 14.5. The van der Waals surface area contributed by atoms with Gasteiger partial charge in [0.15, 0.2) is 0 Å². The van der Waals surface area contributed by atoms with Crippen molar-refractivity contribution in [3.05, 3.63) is 30.3 Å². The van der Waals surface area contributed by atoms with Crippen LogP contribution in [0.3, 0.4) is 0 Å². The van der Waals surface area contributed by atoms with Gasteiger partial charge in [-0.05, 0) is 31.9 Å². The van der Waals surface area contributed by atoms with E-state index in [1.54, 1.807) is 26.0 Å². The highest BCUT2D eigenvalue weighted by atomic mass is 16.2. The van der Waals surface area contributed by atoms with Gasteiger partial charge < -0.3 is 10.6 Å². The Morgan fingerprint density at radius 1 is 1.11 bits per heavy atom. The second-order valence-electron chi connectivity index (χ2n) is 5.55. The largest absolute Gasteiger partial charge is 0.355 e. The van der Waals surface area contributed by atoms with E-state index < -0.39 is 5.41 Å². The van der Waals surface area contributed by atoms with E-state index in [9.17, 15) is 9.59 Å². The first-order valence-corrected chi connectivity index (χ1v) is 6.49. The normalized spacial score (nSPS) is 11.2. The Morgan fingerprint density at radius 2 is 1.68 bits per heavy atom. The summed E-state index contributed by atoms with van der Waals surface area (Å²) in [6.07, 6.45) is 0. The van der Waals surface area contributed by atoms with Gasteiger partial charge in [0.05, 0.1) is 0 Å². The van der Waals surface area contributed by atoms with Crippen LogP contribution in [0.5, 0.6) is 0 Å². The molecular formula is C15H22N2O2. The van der Waals surface area contributed by atoms with Crippen molar-refractivity contribution >= 4 is 17.5 Å². The van der Waals surface area contributed by atoms with Crippen LogP contribution in [0, 0.1) is 11.3 Å². The Kier molecular flexibility index (Phi) is 5.10. The number of benzene rings is 1. The summed E-state index contributed by atoms with van der Waals surface area (Å²) < 4.78 is 0. The van der Waals surface area contributed by atoms with E-state index in [1.165, 1.54) is 0 Å². The number of hydrogen-bond donors (Lipinski definition) is 2. The van der Waals surface area contributed by atoms with Gasteiger partial charge in [0, 0.05) is 12.2 Å². The lowest BCUT2D eigenvalue weighted by Gasteiger charge is -2.23. The molecule has 0 radical (unpaired) electrons. The lowest BCUT2D eigenvalue weighted by Crippen LogP contribution is -2.46. The summed E-state index contributed by atoms with van der Waals surface area (Å²) in [5.41, 5.74) is -0.401. The summed E-state index contributed by atoms with van der Waals surface area (Å²) in [6, 6.07) is 9.12. The maximum absolute atomic E-state index is 12.1. The van der Waals surface area contributed by atoms with Gasteiger partial charge >= 0.3 is 0 Å². The first-order valence-electron chi connectivity index (χ1n) is 6.49. The number of hydrogen-bond acceptors (Lipinski definition) is 2. The summed E-state index contributed by atoms with van der Waals surface area (Å²) in [7, 11) is 0. The average Bonchev–Trinajstić information content (AvgIpc) is 2.36. The lowest BCUT2D eigenvalue weighted by molar-refractivity contribution is -0.138. The van der Waals surface area contributed by atoms with E-state index in [0.29, 0.717) is 18.2 Å². The summed E-state index contributed by atoms with van der Waals surface area (Å²) in [5.74, 6) is -0.202. The van der Waals surface area contributed by atoms with Gasteiger partial charge in [-0.25, -0.2) is 0 Å². The number of carbonyl (C=O) groups excluding carboxylic acids is 2. The number of nitrogens with one attached hydrogen (secondary N) is 2. The molecule has 2 amide bonds. The van der Waals surface area contributed by atoms with Gasteiger partial charge in [0.2, 0.25) is 11.8 Å². The fourth-order valence-corrected chi connectivity index (χ4v) is 1.43. The maximum atomic E-state index is 12.1. The zero-order valence-corrected chi connectivity index (χ0v) is 12.0. The van der Waals surface area contributed by atoms with Gasteiger partial charge in [-0.3, -0.25) is 9.59 Å². The Morgan fingerprint density at radius 3 is 2.21 bits per heavy atom. The fraction of sp³-hybridized carbons (Fsp3) is 0.467. The molecule has 1 rings (SSSR count). The minimum Gasteiger partial charge on any atom is -0.355 e. The van der Waals surface area contributed by atoms with Crippen molar-refractivity contribution < 1.29 is 9.59 Å². The standard InChI is InChI=1S/C15H22N2O2/c1-11(2)10-16-13(18)15(3,4)14(19)17-12-8-6-5-7-9-12/h5-9,11H,10H2,1-4H3,(H,16,18)(H,17,19). The molecule has 0 saturated carbocycles. The number of para-hydroxylation sites is 1. The Hall–Kier alpha value is -1.84. The van der Waals surface area contributed by atoms with Crippen molar-refractivity contribution in [3.63, 3.8) is 0 Å². The molecule has 0 aliphatic rings. The molecule has 0 saturated heterocycles. The van der Waals surface area contributed by atoms with Crippen molar-refractivity contribution in [3.8, 4) is 0 Å². The van der Waals surface area contributed by atoms with Crippen LogP contribution >= 0.6 is 0 Å². The van der Waals surface area contributed by atoms with Gasteiger partial charge in [-0.1, -0.05) is 32.0 Å². The molecule has 0 atom stereocenters. The summed E-state index contributed by atoms with van der Waals surface area (Å²) >= 11 is 0. The molecule has 0 aromatic heterocycles. The number of carbonyl (C=O) groups is 2. The van der Waals surface area contributed by atoms with Crippen molar-refractivity contribution in [2.75, 3.05) is 11.9 Å². The van der Waals surface area contributed by atoms with Crippen LogP contribution < -0.4 is 10.6 Å². The first-order chi connectivity index (χ1) is 8.84. The van der Waals surface area contributed by atoms with Crippen LogP contribution in [0.2, 0.25) is 0 Å². The monoisotopic (exact) mass is 262 g/mol.